The fourth-order valence-corrected chi connectivity index (χ4v) is 2.22. The van der Waals surface area contributed by atoms with Crippen LogP contribution in [0.25, 0.3) is 0 Å². The molecule has 2 N–H and O–H groups in total. The van der Waals surface area contributed by atoms with Gasteiger partial charge in [0.25, 0.3) is 5.91 Å². The van der Waals surface area contributed by atoms with Gasteiger partial charge in [0.1, 0.15) is 0 Å². The number of carbonyl (C=O) groups is 2. The first-order valence-electron chi connectivity index (χ1n) is 6.13. The average Bonchev–Trinajstić information content (AvgIpc) is 2.71. The van der Waals surface area contributed by atoms with Crippen LogP contribution in [0.1, 0.15) is 37.2 Å². The van der Waals surface area contributed by atoms with Crippen LogP contribution >= 0.6 is 15.9 Å². The van der Waals surface area contributed by atoms with Crippen LogP contribution in [-0.2, 0) is 4.79 Å². The van der Waals surface area contributed by atoms with Gasteiger partial charge in [-0.2, -0.15) is 0 Å². The number of hydrogen-bond acceptors (Lipinski definition) is 3. The summed E-state index contributed by atoms with van der Waals surface area (Å²) in [5, 5.41) is 11.6. The molecule has 0 saturated heterocycles. The van der Waals surface area contributed by atoms with E-state index in [2.05, 4.69) is 21.2 Å². The van der Waals surface area contributed by atoms with Gasteiger partial charge in [-0.15, -0.1) is 0 Å². The number of halogens is 1. The first kappa shape index (κ1) is 15.8. The summed E-state index contributed by atoms with van der Waals surface area (Å²) in [5.41, 5.74) is 0. The number of amides is 1. The number of nitrogens with one attached hydrogen (secondary N) is 1. The van der Waals surface area contributed by atoms with Crippen molar-refractivity contribution in [2.24, 2.45) is 11.8 Å². The van der Waals surface area contributed by atoms with E-state index < -0.39 is 5.97 Å². The molecule has 1 amide bonds. The summed E-state index contributed by atoms with van der Waals surface area (Å²) in [6.45, 7) is 4.39. The largest absolute Gasteiger partial charge is 0.481 e. The summed E-state index contributed by atoms with van der Waals surface area (Å²) >= 11 is 3.12. The molecule has 1 rings (SSSR count). The van der Waals surface area contributed by atoms with Crippen LogP contribution in [0.4, 0.5) is 0 Å². The van der Waals surface area contributed by atoms with Gasteiger partial charge >= 0.3 is 5.97 Å². The molecule has 1 atom stereocenters. The van der Waals surface area contributed by atoms with E-state index in [0.717, 1.165) is 6.42 Å². The van der Waals surface area contributed by atoms with Gasteiger partial charge in [-0.25, -0.2) is 0 Å². The highest BCUT2D eigenvalue weighted by Crippen LogP contribution is 2.16. The Morgan fingerprint density at radius 1 is 1.42 bits per heavy atom. The van der Waals surface area contributed by atoms with Gasteiger partial charge in [0.15, 0.2) is 10.4 Å². The molecule has 5 nitrogen and oxygen atoms in total. The zero-order valence-electron chi connectivity index (χ0n) is 11.0. The van der Waals surface area contributed by atoms with Crippen LogP contribution in [-0.4, -0.2) is 23.5 Å². The zero-order valence-corrected chi connectivity index (χ0v) is 12.6. The molecule has 1 aromatic rings. The lowest BCUT2D eigenvalue weighted by atomic mass is 9.94. The lowest BCUT2D eigenvalue weighted by Gasteiger charge is -2.17. The standard InChI is InChI=1S/C13H18BrNO4/c1-8(2)5-9(6-12(16)17)7-15-13(18)10-3-4-11(14)19-10/h3-4,8-9H,5-7H2,1-2H3,(H,15,18)(H,16,17). The molecule has 1 unspecified atom stereocenters. The fourth-order valence-electron chi connectivity index (χ4n) is 1.91. The molecule has 0 radical (unpaired) electrons. The summed E-state index contributed by atoms with van der Waals surface area (Å²) in [5.74, 6) is -0.644. The molecular formula is C13H18BrNO4. The van der Waals surface area contributed by atoms with E-state index in [1.807, 2.05) is 13.8 Å². The van der Waals surface area contributed by atoms with Crippen LogP contribution in [0.5, 0.6) is 0 Å². The van der Waals surface area contributed by atoms with Crippen LogP contribution in [0.15, 0.2) is 21.2 Å². The highest BCUT2D eigenvalue weighted by molar-refractivity contribution is 9.10. The average molecular weight is 332 g/mol. The van der Waals surface area contributed by atoms with E-state index in [1.165, 1.54) is 0 Å². The number of furan rings is 1. The Labute approximate surface area is 120 Å². The molecule has 0 aliphatic carbocycles. The Bertz CT molecular complexity index is 442. The quantitative estimate of drug-likeness (QED) is 0.805. The van der Waals surface area contributed by atoms with E-state index in [-0.39, 0.29) is 24.0 Å². The topological polar surface area (TPSA) is 79.5 Å². The second kappa shape index (κ2) is 7.33. The summed E-state index contributed by atoms with van der Waals surface area (Å²) < 4.78 is 5.62. The Kier molecular flexibility index (Phi) is 6.08. The highest BCUT2D eigenvalue weighted by Gasteiger charge is 2.17. The molecule has 0 aliphatic heterocycles. The third kappa shape index (κ3) is 5.92. The molecule has 106 valence electrons. The summed E-state index contributed by atoms with van der Waals surface area (Å²) in [4.78, 5) is 22.5. The summed E-state index contributed by atoms with van der Waals surface area (Å²) in [7, 11) is 0. The van der Waals surface area contributed by atoms with Crippen molar-refractivity contribution in [1.29, 1.82) is 0 Å². The van der Waals surface area contributed by atoms with E-state index in [9.17, 15) is 9.59 Å². The first-order valence-corrected chi connectivity index (χ1v) is 6.93. The number of rotatable bonds is 7. The second-order valence-electron chi connectivity index (χ2n) is 4.91. The normalized spacial score (nSPS) is 12.4. The van der Waals surface area contributed by atoms with Gasteiger partial charge in [0.2, 0.25) is 0 Å². The van der Waals surface area contributed by atoms with E-state index in [0.29, 0.717) is 17.1 Å². The van der Waals surface area contributed by atoms with Crippen LogP contribution in [0.3, 0.4) is 0 Å². The highest BCUT2D eigenvalue weighted by atomic mass is 79.9. The Balaban J connectivity index is 2.50. The number of hydrogen-bond donors (Lipinski definition) is 2. The maximum atomic E-state index is 11.8. The second-order valence-corrected chi connectivity index (χ2v) is 5.69. The van der Waals surface area contributed by atoms with Gasteiger partial charge in [-0.3, -0.25) is 9.59 Å². The molecule has 0 fully saturated rings. The van der Waals surface area contributed by atoms with Gasteiger partial charge in [0.05, 0.1) is 0 Å². The lowest BCUT2D eigenvalue weighted by Crippen LogP contribution is -2.30. The molecule has 19 heavy (non-hydrogen) atoms. The van der Waals surface area contributed by atoms with Gasteiger partial charge < -0.3 is 14.8 Å². The van der Waals surface area contributed by atoms with Crippen molar-refractivity contribution in [2.45, 2.75) is 26.7 Å². The van der Waals surface area contributed by atoms with Crippen LogP contribution in [0, 0.1) is 11.8 Å². The summed E-state index contributed by atoms with van der Waals surface area (Å²) in [6, 6.07) is 3.20. The minimum Gasteiger partial charge on any atom is -0.481 e. The van der Waals surface area contributed by atoms with Crippen LogP contribution in [0.2, 0.25) is 0 Å². The number of carbonyl (C=O) groups excluding carboxylic acids is 1. The van der Waals surface area contributed by atoms with Gasteiger partial charge in [-0.05, 0) is 46.3 Å². The zero-order chi connectivity index (χ0) is 14.4. The molecule has 6 heteroatoms. The van der Waals surface area contributed by atoms with E-state index in [4.69, 9.17) is 9.52 Å². The number of carboxylic acids is 1. The maximum absolute atomic E-state index is 11.8. The monoisotopic (exact) mass is 331 g/mol. The Morgan fingerprint density at radius 2 is 2.11 bits per heavy atom. The fraction of sp³-hybridized carbons (Fsp3) is 0.538. The van der Waals surface area contributed by atoms with Gasteiger partial charge in [0, 0.05) is 13.0 Å². The molecule has 0 aliphatic rings. The van der Waals surface area contributed by atoms with Crippen molar-refractivity contribution in [1.82, 2.24) is 5.32 Å². The predicted molar refractivity (Wildman–Crippen MR) is 73.9 cm³/mol. The first-order chi connectivity index (χ1) is 8.88. The van der Waals surface area contributed by atoms with Crippen molar-refractivity contribution >= 4 is 27.8 Å². The third-order valence-electron chi connectivity index (χ3n) is 2.62. The van der Waals surface area contributed by atoms with Crippen molar-refractivity contribution in [2.75, 3.05) is 6.54 Å². The number of carboxylic acid groups (broad SMARTS) is 1. The van der Waals surface area contributed by atoms with Crippen molar-refractivity contribution in [3.8, 4) is 0 Å². The molecule has 0 spiro atoms. The molecule has 1 aromatic heterocycles. The minimum atomic E-state index is -0.847. The maximum Gasteiger partial charge on any atom is 0.303 e. The van der Waals surface area contributed by atoms with Crippen LogP contribution < -0.4 is 5.32 Å². The van der Waals surface area contributed by atoms with E-state index in [1.54, 1.807) is 12.1 Å². The number of aliphatic carboxylic acids is 1. The Hall–Kier alpha value is -1.30. The van der Waals surface area contributed by atoms with Crippen molar-refractivity contribution < 1.29 is 19.1 Å². The molecule has 0 bridgehead atoms. The SMILES string of the molecule is CC(C)CC(CNC(=O)c1ccc(Br)o1)CC(=O)O. The van der Waals surface area contributed by atoms with E-state index >= 15 is 0 Å². The molecular weight excluding hydrogens is 314 g/mol. The molecule has 0 aromatic carbocycles. The molecule has 1 heterocycles. The Morgan fingerprint density at radius 3 is 2.58 bits per heavy atom. The third-order valence-corrected chi connectivity index (χ3v) is 3.04. The van der Waals surface area contributed by atoms with Crippen molar-refractivity contribution in [3.05, 3.63) is 22.6 Å². The minimum absolute atomic E-state index is 0.0559. The lowest BCUT2D eigenvalue weighted by molar-refractivity contribution is -0.138. The van der Waals surface area contributed by atoms with Gasteiger partial charge in [-0.1, -0.05) is 13.8 Å². The summed E-state index contributed by atoms with van der Waals surface area (Å²) in [6.07, 6.45) is 0.814. The smallest absolute Gasteiger partial charge is 0.303 e. The molecule has 0 saturated carbocycles. The predicted octanol–water partition coefficient (Wildman–Crippen LogP) is 2.91. The van der Waals surface area contributed by atoms with Crippen molar-refractivity contribution in [3.63, 3.8) is 0 Å².